The summed E-state index contributed by atoms with van der Waals surface area (Å²) in [7, 11) is 0. The summed E-state index contributed by atoms with van der Waals surface area (Å²) in [5.74, 6) is 0. The van der Waals surface area contributed by atoms with Crippen LogP contribution < -0.4 is 0 Å². The molecule has 0 bridgehead atoms. The Balaban J connectivity index is 2.27. The third kappa shape index (κ3) is 3.02. The van der Waals surface area contributed by atoms with E-state index in [1.165, 1.54) is 35.6 Å². The molecule has 0 saturated heterocycles. The summed E-state index contributed by atoms with van der Waals surface area (Å²) >= 11 is 1.83. The average molecular weight is 169 g/mol. The third-order valence-electron chi connectivity index (χ3n) is 1.70. The predicted molar refractivity (Wildman–Crippen MR) is 50.1 cm³/mol. The molecule has 0 spiro atoms. The molecule has 62 valence electrons. The van der Waals surface area contributed by atoms with Gasteiger partial charge in [-0.2, -0.15) is 0 Å². The zero-order valence-corrected chi connectivity index (χ0v) is 8.08. The summed E-state index contributed by atoms with van der Waals surface area (Å²) in [6.07, 6.45) is 7.20. The van der Waals surface area contributed by atoms with E-state index in [2.05, 4.69) is 18.8 Å². The van der Waals surface area contributed by atoms with E-state index >= 15 is 0 Å². The smallest absolute Gasteiger partial charge is 0.0896 e. The lowest BCUT2D eigenvalue weighted by molar-refractivity contribution is 0.722. The van der Waals surface area contributed by atoms with Gasteiger partial charge in [0.2, 0.25) is 0 Å². The number of rotatable bonds is 4. The molecule has 0 aromatic carbocycles. The number of aromatic nitrogens is 1. The molecule has 1 rings (SSSR count). The zero-order valence-electron chi connectivity index (χ0n) is 7.26. The molecule has 0 radical (unpaired) electrons. The molecular weight excluding hydrogens is 154 g/mol. The molecule has 0 fully saturated rings. The molecule has 0 unspecified atom stereocenters. The van der Waals surface area contributed by atoms with Crippen molar-refractivity contribution in [3.63, 3.8) is 0 Å². The Morgan fingerprint density at radius 2 is 2.27 bits per heavy atom. The molecular formula is C9H15NS. The summed E-state index contributed by atoms with van der Waals surface area (Å²) in [6, 6.07) is 0. The van der Waals surface area contributed by atoms with Crippen LogP contribution in [0.4, 0.5) is 0 Å². The van der Waals surface area contributed by atoms with E-state index in [1.807, 2.05) is 17.5 Å². The molecule has 0 aliphatic rings. The van der Waals surface area contributed by atoms with E-state index in [4.69, 9.17) is 0 Å². The van der Waals surface area contributed by atoms with Crippen LogP contribution in [0.2, 0.25) is 0 Å². The first-order chi connectivity index (χ1) is 5.33. The summed E-state index contributed by atoms with van der Waals surface area (Å²) in [4.78, 5) is 5.65. The maximum atomic E-state index is 4.21. The van der Waals surface area contributed by atoms with E-state index in [9.17, 15) is 0 Å². The van der Waals surface area contributed by atoms with Crippen molar-refractivity contribution in [1.82, 2.24) is 4.98 Å². The molecule has 0 saturated carbocycles. The van der Waals surface area contributed by atoms with Crippen LogP contribution in [0.25, 0.3) is 0 Å². The number of unbranched alkanes of at least 4 members (excludes halogenated alkanes) is 2. The molecule has 0 aliphatic heterocycles. The monoisotopic (exact) mass is 169 g/mol. The Morgan fingerprint density at radius 3 is 2.82 bits per heavy atom. The highest BCUT2D eigenvalue weighted by atomic mass is 32.1. The van der Waals surface area contributed by atoms with Gasteiger partial charge < -0.3 is 0 Å². The summed E-state index contributed by atoms with van der Waals surface area (Å²) in [5, 5.41) is 1.19. The molecule has 0 amide bonds. The molecule has 11 heavy (non-hydrogen) atoms. The van der Waals surface area contributed by atoms with Gasteiger partial charge in [-0.15, -0.1) is 11.3 Å². The molecule has 1 aromatic heterocycles. The minimum atomic E-state index is 1.19. The lowest BCUT2D eigenvalue weighted by atomic mass is 10.2. The Bertz CT molecular complexity index is 205. The Morgan fingerprint density at radius 1 is 1.45 bits per heavy atom. The third-order valence-corrected chi connectivity index (χ3v) is 2.67. The summed E-state index contributed by atoms with van der Waals surface area (Å²) < 4.78 is 0. The van der Waals surface area contributed by atoms with Gasteiger partial charge in [0.05, 0.1) is 5.01 Å². The molecule has 0 aliphatic carbocycles. The second-order valence-corrected chi connectivity index (χ2v) is 4.12. The predicted octanol–water partition coefficient (Wildman–Crippen LogP) is 3.18. The number of aryl methyl sites for hydroxylation is 2. The average Bonchev–Trinajstić information content (AvgIpc) is 2.37. The van der Waals surface area contributed by atoms with Crippen LogP contribution in [0, 0.1) is 6.92 Å². The van der Waals surface area contributed by atoms with Crippen molar-refractivity contribution in [2.75, 3.05) is 0 Å². The van der Waals surface area contributed by atoms with Gasteiger partial charge in [-0.25, -0.2) is 4.98 Å². The van der Waals surface area contributed by atoms with Gasteiger partial charge >= 0.3 is 0 Å². The first-order valence-corrected chi connectivity index (χ1v) is 5.06. The topological polar surface area (TPSA) is 12.9 Å². The van der Waals surface area contributed by atoms with Gasteiger partial charge in [-0.1, -0.05) is 19.8 Å². The summed E-state index contributed by atoms with van der Waals surface area (Å²) in [5.41, 5.74) is 0. The number of thiazole rings is 1. The molecule has 1 heterocycles. The second kappa shape index (κ2) is 4.50. The van der Waals surface area contributed by atoms with Crippen molar-refractivity contribution in [1.29, 1.82) is 0 Å². The Hall–Kier alpha value is -0.370. The van der Waals surface area contributed by atoms with Crippen molar-refractivity contribution in [2.24, 2.45) is 0 Å². The van der Waals surface area contributed by atoms with Gasteiger partial charge in [-0.3, -0.25) is 0 Å². The maximum absolute atomic E-state index is 4.21. The highest BCUT2D eigenvalue weighted by Crippen LogP contribution is 2.14. The maximum Gasteiger partial charge on any atom is 0.0896 e. The van der Waals surface area contributed by atoms with Crippen LogP contribution in [0.15, 0.2) is 6.20 Å². The highest BCUT2D eigenvalue weighted by molar-refractivity contribution is 7.11. The van der Waals surface area contributed by atoms with Crippen molar-refractivity contribution < 1.29 is 0 Å². The number of hydrogen-bond acceptors (Lipinski definition) is 2. The highest BCUT2D eigenvalue weighted by Gasteiger charge is 1.96. The van der Waals surface area contributed by atoms with E-state index in [0.29, 0.717) is 0 Å². The molecule has 0 N–H and O–H groups in total. The number of nitrogens with zero attached hydrogens (tertiary/aromatic N) is 1. The molecule has 1 nitrogen and oxygen atoms in total. The zero-order chi connectivity index (χ0) is 8.10. The Labute approximate surface area is 72.5 Å². The Kier molecular flexibility index (Phi) is 3.57. The fourth-order valence-electron chi connectivity index (χ4n) is 1.07. The lowest BCUT2D eigenvalue weighted by Gasteiger charge is -1.93. The normalized spacial score (nSPS) is 10.4. The fraction of sp³-hybridized carbons (Fsp3) is 0.667. The molecule has 1 aromatic rings. The van der Waals surface area contributed by atoms with Crippen LogP contribution in [0.1, 0.15) is 36.1 Å². The van der Waals surface area contributed by atoms with Gasteiger partial charge in [-0.05, 0) is 19.8 Å². The van der Waals surface area contributed by atoms with Crippen LogP contribution >= 0.6 is 11.3 Å². The van der Waals surface area contributed by atoms with Crippen LogP contribution in [-0.4, -0.2) is 4.98 Å². The lowest BCUT2D eigenvalue weighted by Crippen LogP contribution is -1.79. The molecule has 0 atom stereocenters. The molecule has 2 heteroatoms. The van der Waals surface area contributed by atoms with Gasteiger partial charge in [0.1, 0.15) is 0 Å². The standard InChI is InChI=1S/C9H15NS/c1-3-4-5-6-9-7-10-8(2)11-9/h7H,3-6H2,1-2H3. The summed E-state index contributed by atoms with van der Waals surface area (Å²) in [6.45, 7) is 4.30. The number of hydrogen-bond donors (Lipinski definition) is 0. The first kappa shape index (κ1) is 8.72. The minimum absolute atomic E-state index is 1.19. The van der Waals surface area contributed by atoms with Crippen LogP contribution in [0.3, 0.4) is 0 Å². The van der Waals surface area contributed by atoms with E-state index in [0.717, 1.165) is 0 Å². The van der Waals surface area contributed by atoms with Crippen molar-refractivity contribution in [3.8, 4) is 0 Å². The van der Waals surface area contributed by atoms with Crippen molar-refractivity contribution in [2.45, 2.75) is 39.5 Å². The largest absolute Gasteiger partial charge is 0.250 e. The van der Waals surface area contributed by atoms with Crippen molar-refractivity contribution >= 4 is 11.3 Å². The van der Waals surface area contributed by atoms with Gasteiger partial charge in [0.25, 0.3) is 0 Å². The van der Waals surface area contributed by atoms with E-state index < -0.39 is 0 Å². The first-order valence-electron chi connectivity index (χ1n) is 4.24. The fourth-order valence-corrected chi connectivity index (χ4v) is 1.91. The van der Waals surface area contributed by atoms with E-state index in [1.54, 1.807) is 0 Å². The quantitative estimate of drug-likeness (QED) is 0.631. The second-order valence-electron chi connectivity index (χ2n) is 2.80. The van der Waals surface area contributed by atoms with Crippen molar-refractivity contribution in [3.05, 3.63) is 16.1 Å². The van der Waals surface area contributed by atoms with Crippen LogP contribution in [0.5, 0.6) is 0 Å². The van der Waals surface area contributed by atoms with Crippen LogP contribution in [-0.2, 0) is 6.42 Å². The SMILES string of the molecule is CCCCCc1cnc(C)s1. The minimum Gasteiger partial charge on any atom is -0.250 e. The van der Waals surface area contributed by atoms with E-state index in [-0.39, 0.29) is 0 Å². The van der Waals surface area contributed by atoms with Gasteiger partial charge in [0.15, 0.2) is 0 Å². The van der Waals surface area contributed by atoms with Gasteiger partial charge in [0, 0.05) is 11.1 Å².